The average molecular weight is 351 g/mol. The maximum absolute atomic E-state index is 12.8. The largest absolute Gasteiger partial charge is 0.282 e. The Hall–Kier alpha value is -2.03. The molecule has 0 unspecified atom stereocenters. The van der Waals surface area contributed by atoms with Gasteiger partial charge in [-0.1, -0.05) is 12.1 Å². The molecular weight excluding hydrogens is 337 g/mol. The number of rotatable bonds is 5. The van der Waals surface area contributed by atoms with Gasteiger partial charge >= 0.3 is 0 Å². The number of H-pyrrole nitrogens is 1. The Morgan fingerprint density at radius 1 is 1.22 bits per heavy atom. The number of nitrogens with zero attached hydrogens (tertiary/aromatic N) is 1. The molecule has 23 heavy (non-hydrogen) atoms. The Morgan fingerprint density at radius 3 is 2.61 bits per heavy atom. The number of hydrogen-bond acceptors (Lipinski definition) is 4. The molecule has 2 N–H and O–H groups in total. The highest BCUT2D eigenvalue weighted by atomic mass is 32.2. The molecule has 0 fully saturated rings. The zero-order valence-corrected chi connectivity index (χ0v) is 13.8. The Labute approximate surface area is 137 Å². The molecule has 2 aromatic heterocycles. The van der Waals surface area contributed by atoms with E-state index in [-0.39, 0.29) is 16.6 Å². The first kappa shape index (κ1) is 15.9. The quantitative estimate of drug-likeness (QED) is 0.742. The SMILES string of the molecule is Cc1cc(-c2ccc(S(=O)(=O)NCc3ccc(F)cc3)s2)n[nH]1. The third-order valence-electron chi connectivity index (χ3n) is 3.18. The van der Waals surface area contributed by atoms with Gasteiger partial charge in [-0.2, -0.15) is 5.10 Å². The molecule has 5 nitrogen and oxygen atoms in total. The molecule has 120 valence electrons. The number of thiophene rings is 1. The molecule has 1 aromatic carbocycles. The molecule has 0 aliphatic heterocycles. The van der Waals surface area contributed by atoms with Crippen LogP contribution < -0.4 is 4.72 Å². The number of aryl methyl sites for hydroxylation is 1. The summed E-state index contributed by atoms with van der Waals surface area (Å²) in [5.41, 5.74) is 2.31. The fourth-order valence-corrected chi connectivity index (χ4v) is 4.33. The zero-order valence-electron chi connectivity index (χ0n) is 12.2. The summed E-state index contributed by atoms with van der Waals surface area (Å²) >= 11 is 1.15. The van der Waals surface area contributed by atoms with Gasteiger partial charge in [0.1, 0.15) is 15.7 Å². The smallest absolute Gasteiger partial charge is 0.250 e. The molecule has 0 aliphatic rings. The third-order valence-corrected chi connectivity index (χ3v) is 6.18. The molecule has 0 spiro atoms. The molecule has 0 saturated carbocycles. The van der Waals surface area contributed by atoms with Gasteiger partial charge in [0.05, 0.1) is 4.88 Å². The van der Waals surface area contributed by atoms with E-state index in [0.29, 0.717) is 11.3 Å². The van der Waals surface area contributed by atoms with E-state index in [1.807, 2.05) is 13.0 Å². The summed E-state index contributed by atoms with van der Waals surface area (Å²) in [5, 5.41) is 6.95. The third kappa shape index (κ3) is 3.66. The highest BCUT2D eigenvalue weighted by Gasteiger charge is 2.17. The summed E-state index contributed by atoms with van der Waals surface area (Å²) in [7, 11) is -3.61. The maximum atomic E-state index is 12.8. The average Bonchev–Trinajstić information content (AvgIpc) is 3.16. The van der Waals surface area contributed by atoms with Crippen molar-refractivity contribution in [3.8, 4) is 10.6 Å². The van der Waals surface area contributed by atoms with E-state index in [1.54, 1.807) is 24.3 Å². The van der Waals surface area contributed by atoms with Crippen LogP contribution in [0, 0.1) is 12.7 Å². The Bertz CT molecular complexity index is 914. The van der Waals surface area contributed by atoms with Gasteiger partial charge in [-0.05, 0) is 42.8 Å². The number of nitrogens with one attached hydrogen (secondary N) is 2. The van der Waals surface area contributed by atoms with Crippen LogP contribution in [-0.2, 0) is 16.6 Å². The zero-order chi connectivity index (χ0) is 16.4. The second-order valence-electron chi connectivity index (χ2n) is 5.01. The van der Waals surface area contributed by atoms with Gasteiger partial charge in [-0.3, -0.25) is 5.10 Å². The topological polar surface area (TPSA) is 74.8 Å². The van der Waals surface area contributed by atoms with E-state index in [1.165, 1.54) is 12.1 Å². The van der Waals surface area contributed by atoms with Crippen molar-refractivity contribution in [2.75, 3.05) is 0 Å². The van der Waals surface area contributed by atoms with Crippen LogP contribution in [-0.4, -0.2) is 18.6 Å². The standard InChI is InChI=1S/C15H14FN3O2S2/c1-10-8-13(19-18-10)14-6-7-15(22-14)23(20,21)17-9-11-2-4-12(16)5-3-11/h2-8,17H,9H2,1H3,(H,18,19). The Morgan fingerprint density at radius 2 is 1.96 bits per heavy atom. The van der Waals surface area contributed by atoms with Crippen molar-refractivity contribution in [3.05, 3.63) is 59.5 Å². The molecule has 0 amide bonds. The van der Waals surface area contributed by atoms with Crippen LogP contribution in [0.1, 0.15) is 11.3 Å². The molecule has 8 heteroatoms. The van der Waals surface area contributed by atoms with Crippen molar-refractivity contribution in [2.24, 2.45) is 0 Å². The van der Waals surface area contributed by atoms with E-state index in [9.17, 15) is 12.8 Å². The van der Waals surface area contributed by atoms with E-state index < -0.39 is 10.0 Å². The van der Waals surface area contributed by atoms with Gasteiger partial charge in [-0.25, -0.2) is 17.5 Å². The molecular formula is C15H14FN3O2S2. The van der Waals surface area contributed by atoms with Crippen molar-refractivity contribution < 1.29 is 12.8 Å². The summed E-state index contributed by atoms with van der Waals surface area (Å²) in [6.45, 7) is 1.99. The highest BCUT2D eigenvalue weighted by Crippen LogP contribution is 2.29. The molecule has 3 aromatic rings. The number of hydrogen-bond donors (Lipinski definition) is 2. The molecule has 0 saturated heterocycles. The van der Waals surface area contributed by atoms with Crippen LogP contribution in [0.15, 0.2) is 46.7 Å². The second-order valence-corrected chi connectivity index (χ2v) is 8.08. The summed E-state index contributed by atoms with van der Waals surface area (Å²) in [5.74, 6) is -0.353. The second kappa shape index (κ2) is 6.23. The number of sulfonamides is 1. The first-order valence-corrected chi connectivity index (χ1v) is 9.10. The van der Waals surface area contributed by atoms with Gasteiger partial charge in [-0.15, -0.1) is 11.3 Å². The number of aromatic nitrogens is 2. The van der Waals surface area contributed by atoms with Gasteiger partial charge in [0.15, 0.2) is 0 Å². The van der Waals surface area contributed by atoms with Crippen molar-refractivity contribution in [2.45, 2.75) is 17.7 Å². The molecule has 0 radical (unpaired) electrons. The van der Waals surface area contributed by atoms with Crippen LogP contribution in [0.2, 0.25) is 0 Å². The van der Waals surface area contributed by atoms with Crippen LogP contribution >= 0.6 is 11.3 Å². The lowest BCUT2D eigenvalue weighted by atomic mass is 10.2. The minimum atomic E-state index is -3.61. The first-order valence-electron chi connectivity index (χ1n) is 6.80. The van der Waals surface area contributed by atoms with Crippen LogP contribution in [0.3, 0.4) is 0 Å². The Balaban J connectivity index is 1.75. The molecule has 3 rings (SSSR count). The molecule has 0 atom stereocenters. The predicted molar refractivity (Wildman–Crippen MR) is 87.1 cm³/mol. The van der Waals surface area contributed by atoms with E-state index in [4.69, 9.17) is 0 Å². The maximum Gasteiger partial charge on any atom is 0.250 e. The normalized spacial score (nSPS) is 11.7. The van der Waals surface area contributed by atoms with E-state index in [2.05, 4.69) is 14.9 Å². The first-order chi connectivity index (χ1) is 10.9. The lowest BCUT2D eigenvalue weighted by molar-refractivity contribution is 0.583. The number of halogens is 1. The highest BCUT2D eigenvalue weighted by molar-refractivity contribution is 7.91. The van der Waals surface area contributed by atoms with Crippen molar-refractivity contribution in [3.63, 3.8) is 0 Å². The fraction of sp³-hybridized carbons (Fsp3) is 0.133. The number of benzene rings is 1. The van der Waals surface area contributed by atoms with Crippen molar-refractivity contribution in [1.29, 1.82) is 0 Å². The van der Waals surface area contributed by atoms with Gasteiger partial charge < -0.3 is 0 Å². The number of aromatic amines is 1. The summed E-state index contributed by atoms with van der Waals surface area (Å²) in [6.07, 6.45) is 0. The Kier molecular flexibility index (Phi) is 4.29. The minimum Gasteiger partial charge on any atom is -0.282 e. The van der Waals surface area contributed by atoms with Gasteiger partial charge in [0.25, 0.3) is 0 Å². The van der Waals surface area contributed by atoms with Crippen LogP contribution in [0.5, 0.6) is 0 Å². The fourth-order valence-electron chi connectivity index (χ4n) is 2.00. The minimum absolute atomic E-state index is 0.108. The summed E-state index contributed by atoms with van der Waals surface area (Å²) in [6, 6.07) is 10.8. The summed E-state index contributed by atoms with van der Waals surface area (Å²) < 4.78 is 40.2. The predicted octanol–water partition coefficient (Wildman–Crippen LogP) is 3.06. The van der Waals surface area contributed by atoms with E-state index >= 15 is 0 Å². The van der Waals surface area contributed by atoms with Crippen molar-refractivity contribution >= 4 is 21.4 Å². The molecule has 2 heterocycles. The summed E-state index contributed by atoms with van der Waals surface area (Å²) in [4.78, 5) is 0.775. The van der Waals surface area contributed by atoms with Gasteiger partial charge in [0.2, 0.25) is 10.0 Å². The van der Waals surface area contributed by atoms with Crippen molar-refractivity contribution in [1.82, 2.24) is 14.9 Å². The van der Waals surface area contributed by atoms with E-state index in [0.717, 1.165) is 21.9 Å². The van der Waals surface area contributed by atoms with Crippen LogP contribution in [0.25, 0.3) is 10.6 Å². The lowest BCUT2D eigenvalue weighted by Crippen LogP contribution is -2.22. The van der Waals surface area contributed by atoms with Crippen LogP contribution in [0.4, 0.5) is 4.39 Å². The molecule has 0 aliphatic carbocycles. The molecule has 0 bridgehead atoms. The lowest BCUT2D eigenvalue weighted by Gasteiger charge is -2.04. The van der Waals surface area contributed by atoms with Gasteiger partial charge in [0, 0.05) is 12.2 Å². The monoisotopic (exact) mass is 351 g/mol.